The van der Waals surface area contributed by atoms with Crippen LogP contribution in [-0.4, -0.2) is 19.9 Å². The first-order chi connectivity index (χ1) is 12.9. The van der Waals surface area contributed by atoms with E-state index in [0.717, 1.165) is 40.8 Å². The summed E-state index contributed by atoms with van der Waals surface area (Å²) >= 11 is 0. The summed E-state index contributed by atoms with van der Waals surface area (Å²) in [5.74, 6) is 2.57. The van der Waals surface area contributed by atoms with Gasteiger partial charge in [-0.15, -0.1) is 0 Å². The SMILES string of the molecule is CC(C)(C)c1ccc(-c2cnc(C(C)(C)Cc3cnc(C(C)(C)C)o3)[nH]2)cn1. The van der Waals surface area contributed by atoms with E-state index in [-0.39, 0.29) is 16.2 Å². The third-order valence-electron chi connectivity index (χ3n) is 4.87. The number of hydrogen-bond acceptors (Lipinski definition) is 4. The Morgan fingerprint density at radius 1 is 0.821 bits per heavy atom. The standard InChI is InChI=1S/C23H32N4O/c1-21(2,3)18-10-9-15(12-24-18)17-14-25-19(27-17)23(7,8)11-16-13-26-20(28-16)22(4,5)6/h9-10,12-14H,11H2,1-8H3,(H,25,27). The predicted molar refractivity (Wildman–Crippen MR) is 112 cm³/mol. The molecule has 150 valence electrons. The van der Waals surface area contributed by atoms with E-state index in [1.807, 2.05) is 18.6 Å². The fraction of sp³-hybridized carbons (Fsp3) is 0.522. The quantitative estimate of drug-likeness (QED) is 0.642. The fourth-order valence-electron chi connectivity index (χ4n) is 3.06. The van der Waals surface area contributed by atoms with Crippen LogP contribution in [0.2, 0.25) is 0 Å². The van der Waals surface area contributed by atoms with E-state index in [2.05, 4.69) is 87.5 Å². The van der Waals surface area contributed by atoms with Gasteiger partial charge in [-0.25, -0.2) is 9.97 Å². The molecule has 0 atom stereocenters. The molecule has 0 aliphatic rings. The molecule has 0 spiro atoms. The van der Waals surface area contributed by atoms with Crippen molar-refractivity contribution < 1.29 is 4.42 Å². The van der Waals surface area contributed by atoms with Gasteiger partial charge in [0, 0.05) is 40.1 Å². The van der Waals surface area contributed by atoms with Gasteiger partial charge >= 0.3 is 0 Å². The Labute approximate surface area is 168 Å². The lowest BCUT2D eigenvalue weighted by Gasteiger charge is -2.21. The van der Waals surface area contributed by atoms with Crippen molar-refractivity contribution in [1.82, 2.24) is 19.9 Å². The van der Waals surface area contributed by atoms with E-state index < -0.39 is 0 Å². The van der Waals surface area contributed by atoms with Crippen LogP contribution >= 0.6 is 0 Å². The van der Waals surface area contributed by atoms with Gasteiger partial charge in [0.1, 0.15) is 11.6 Å². The summed E-state index contributed by atoms with van der Waals surface area (Å²) in [6, 6.07) is 4.19. The van der Waals surface area contributed by atoms with Crippen molar-refractivity contribution in [3.63, 3.8) is 0 Å². The van der Waals surface area contributed by atoms with Crippen molar-refractivity contribution in [2.45, 2.75) is 78.1 Å². The Morgan fingerprint density at radius 3 is 2.07 bits per heavy atom. The Bertz CT molecular complexity index is 934. The highest BCUT2D eigenvalue weighted by molar-refractivity contribution is 5.57. The van der Waals surface area contributed by atoms with Crippen LogP contribution in [0.3, 0.4) is 0 Å². The van der Waals surface area contributed by atoms with E-state index >= 15 is 0 Å². The molecule has 3 heterocycles. The third-order valence-corrected chi connectivity index (χ3v) is 4.87. The maximum atomic E-state index is 5.98. The van der Waals surface area contributed by atoms with E-state index in [4.69, 9.17) is 4.42 Å². The number of pyridine rings is 1. The molecule has 3 rings (SSSR count). The summed E-state index contributed by atoms with van der Waals surface area (Å²) in [5, 5.41) is 0. The molecule has 3 aromatic heterocycles. The third kappa shape index (κ3) is 4.34. The zero-order chi connectivity index (χ0) is 20.7. The lowest BCUT2D eigenvalue weighted by molar-refractivity contribution is 0.350. The second-order valence-electron chi connectivity index (χ2n) is 10.3. The Morgan fingerprint density at radius 2 is 1.54 bits per heavy atom. The van der Waals surface area contributed by atoms with E-state index in [1.54, 1.807) is 0 Å². The van der Waals surface area contributed by atoms with Crippen LogP contribution < -0.4 is 0 Å². The number of aromatic nitrogens is 4. The van der Waals surface area contributed by atoms with E-state index in [9.17, 15) is 0 Å². The van der Waals surface area contributed by atoms with Gasteiger partial charge in [0.2, 0.25) is 0 Å². The Balaban J connectivity index is 1.79. The summed E-state index contributed by atoms with van der Waals surface area (Å²) in [4.78, 5) is 17.2. The summed E-state index contributed by atoms with van der Waals surface area (Å²) < 4.78 is 5.98. The van der Waals surface area contributed by atoms with Crippen LogP contribution in [-0.2, 0) is 22.7 Å². The second-order valence-corrected chi connectivity index (χ2v) is 10.3. The van der Waals surface area contributed by atoms with Gasteiger partial charge in [-0.2, -0.15) is 0 Å². The molecule has 0 bridgehead atoms. The molecule has 0 aliphatic heterocycles. The molecule has 3 aromatic rings. The van der Waals surface area contributed by atoms with Crippen molar-refractivity contribution in [1.29, 1.82) is 0 Å². The molecule has 0 saturated heterocycles. The van der Waals surface area contributed by atoms with Crippen molar-refractivity contribution in [3.8, 4) is 11.3 Å². The van der Waals surface area contributed by atoms with Crippen molar-refractivity contribution in [2.24, 2.45) is 0 Å². The van der Waals surface area contributed by atoms with Crippen molar-refractivity contribution in [2.75, 3.05) is 0 Å². The predicted octanol–water partition coefficient (Wildman–Crippen LogP) is 5.58. The van der Waals surface area contributed by atoms with Crippen molar-refractivity contribution >= 4 is 0 Å². The average molecular weight is 381 g/mol. The second kappa shape index (κ2) is 6.87. The minimum absolute atomic E-state index is 0.0443. The lowest BCUT2D eigenvalue weighted by atomic mass is 9.87. The molecule has 1 N–H and O–H groups in total. The number of nitrogens with one attached hydrogen (secondary N) is 1. The largest absolute Gasteiger partial charge is 0.445 e. The summed E-state index contributed by atoms with van der Waals surface area (Å²) in [6.07, 6.45) is 6.36. The van der Waals surface area contributed by atoms with Crippen molar-refractivity contribution in [3.05, 3.63) is 53.9 Å². The number of rotatable bonds is 4. The summed E-state index contributed by atoms with van der Waals surface area (Å²) in [7, 11) is 0. The van der Waals surface area contributed by atoms with Gasteiger partial charge in [-0.3, -0.25) is 4.98 Å². The molecule has 0 radical (unpaired) electrons. The number of aromatic amines is 1. The van der Waals surface area contributed by atoms with Gasteiger partial charge in [0.15, 0.2) is 5.89 Å². The number of H-pyrrole nitrogens is 1. The molecule has 0 saturated carbocycles. The zero-order valence-corrected chi connectivity index (χ0v) is 18.3. The van der Waals surface area contributed by atoms with Crippen LogP contribution in [0.1, 0.15) is 78.6 Å². The molecule has 5 heteroatoms. The highest BCUT2D eigenvalue weighted by Crippen LogP contribution is 2.30. The number of oxazole rings is 1. The van der Waals surface area contributed by atoms with Gasteiger partial charge in [-0.1, -0.05) is 55.4 Å². The number of nitrogens with zero attached hydrogens (tertiary/aromatic N) is 3. The molecular weight excluding hydrogens is 348 g/mol. The van der Waals surface area contributed by atoms with Gasteiger partial charge in [0.25, 0.3) is 0 Å². The van der Waals surface area contributed by atoms with Crippen LogP contribution in [0.25, 0.3) is 11.3 Å². The minimum atomic E-state index is -0.203. The molecule has 5 nitrogen and oxygen atoms in total. The summed E-state index contributed by atoms with van der Waals surface area (Å²) in [5.41, 5.74) is 2.85. The molecule has 0 aliphatic carbocycles. The monoisotopic (exact) mass is 380 g/mol. The van der Waals surface area contributed by atoms with Gasteiger partial charge in [-0.05, 0) is 12.1 Å². The van der Waals surface area contributed by atoms with E-state index in [0.29, 0.717) is 0 Å². The number of imidazole rings is 1. The fourth-order valence-corrected chi connectivity index (χ4v) is 3.06. The zero-order valence-electron chi connectivity index (χ0n) is 18.3. The highest BCUT2D eigenvalue weighted by Gasteiger charge is 2.28. The molecule has 0 fully saturated rings. The van der Waals surface area contributed by atoms with Crippen LogP contribution in [0.15, 0.2) is 35.1 Å². The van der Waals surface area contributed by atoms with E-state index in [1.165, 1.54) is 0 Å². The molecular formula is C23H32N4O. The first-order valence-corrected chi connectivity index (χ1v) is 9.84. The maximum absolute atomic E-state index is 5.98. The molecule has 28 heavy (non-hydrogen) atoms. The topological polar surface area (TPSA) is 67.6 Å². The van der Waals surface area contributed by atoms with Gasteiger partial charge in [0.05, 0.1) is 18.1 Å². The van der Waals surface area contributed by atoms with Crippen LogP contribution in [0.4, 0.5) is 0 Å². The molecule has 0 amide bonds. The molecule has 0 aromatic carbocycles. The first kappa shape index (κ1) is 20.3. The lowest BCUT2D eigenvalue weighted by Crippen LogP contribution is -2.22. The smallest absolute Gasteiger partial charge is 0.199 e. The van der Waals surface area contributed by atoms with Crippen LogP contribution in [0, 0.1) is 0 Å². The minimum Gasteiger partial charge on any atom is -0.445 e. The molecule has 0 unspecified atom stereocenters. The first-order valence-electron chi connectivity index (χ1n) is 9.84. The Hall–Kier alpha value is -2.43. The van der Waals surface area contributed by atoms with Gasteiger partial charge < -0.3 is 9.40 Å². The normalized spacial score (nSPS) is 13.1. The average Bonchev–Trinajstić information content (AvgIpc) is 3.23. The number of hydrogen-bond donors (Lipinski definition) is 1. The highest BCUT2D eigenvalue weighted by atomic mass is 16.4. The Kier molecular flexibility index (Phi) is 4.98. The van der Waals surface area contributed by atoms with Crippen LogP contribution in [0.5, 0.6) is 0 Å². The maximum Gasteiger partial charge on any atom is 0.199 e. The summed E-state index contributed by atoms with van der Waals surface area (Å²) in [6.45, 7) is 17.1.